The Morgan fingerprint density at radius 2 is 1.64 bits per heavy atom. The molecular weight excluding hydrogens is 298 g/mol. The first-order chi connectivity index (χ1) is 10.7. The number of rotatable bonds is 4. The van der Waals surface area contributed by atoms with E-state index in [0.717, 1.165) is 11.1 Å². The van der Waals surface area contributed by atoms with E-state index in [1.165, 1.54) is 7.11 Å². The van der Waals surface area contributed by atoms with Gasteiger partial charge < -0.3 is 4.74 Å². The standard InChI is InChI=1S/C16H15N3O2S/c1-11-7-9-12(10-8-11)22(20)19-15-16(21-2)18-14-6-4-3-5-13(14)17-15/h3-10H,1-2H3,(H,17,19). The van der Waals surface area contributed by atoms with Crippen LogP contribution in [0.3, 0.4) is 0 Å². The van der Waals surface area contributed by atoms with Crippen LogP contribution in [0, 0.1) is 6.92 Å². The molecule has 1 heterocycles. The highest BCUT2D eigenvalue weighted by Gasteiger charge is 2.12. The molecule has 112 valence electrons. The second kappa shape index (κ2) is 6.11. The molecule has 1 aromatic heterocycles. The van der Waals surface area contributed by atoms with Crippen LogP contribution in [0.25, 0.3) is 11.0 Å². The lowest BCUT2D eigenvalue weighted by Crippen LogP contribution is -2.08. The van der Waals surface area contributed by atoms with Gasteiger partial charge in [0, 0.05) is 0 Å². The fourth-order valence-corrected chi connectivity index (χ4v) is 2.81. The first kappa shape index (κ1) is 14.5. The van der Waals surface area contributed by atoms with Gasteiger partial charge in [-0.05, 0) is 31.2 Å². The molecule has 3 rings (SSSR count). The normalized spacial score (nSPS) is 12.1. The molecule has 0 aliphatic heterocycles. The van der Waals surface area contributed by atoms with Crippen molar-refractivity contribution >= 4 is 27.8 Å². The zero-order valence-electron chi connectivity index (χ0n) is 12.2. The average molecular weight is 313 g/mol. The SMILES string of the molecule is COc1nc2ccccc2nc1NS(=O)c1ccc(C)cc1. The Balaban J connectivity index is 1.95. The third-order valence-electron chi connectivity index (χ3n) is 3.16. The van der Waals surface area contributed by atoms with E-state index in [0.29, 0.717) is 22.1 Å². The number of aromatic nitrogens is 2. The Kier molecular flexibility index (Phi) is 4.02. The lowest BCUT2D eigenvalue weighted by Gasteiger charge is -2.10. The number of aryl methyl sites for hydroxylation is 1. The van der Waals surface area contributed by atoms with Crippen LogP contribution >= 0.6 is 0 Å². The Hall–Kier alpha value is -2.47. The minimum atomic E-state index is -1.43. The summed E-state index contributed by atoms with van der Waals surface area (Å²) in [5, 5.41) is 0. The largest absolute Gasteiger partial charge is 0.478 e. The summed E-state index contributed by atoms with van der Waals surface area (Å²) < 4.78 is 20.5. The molecule has 22 heavy (non-hydrogen) atoms. The Bertz CT molecular complexity index is 834. The number of benzene rings is 2. The molecule has 0 bridgehead atoms. The predicted octanol–water partition coefficient (Wildman–Crippen LogP) is 3.08. The van der Waals surface area contributed by atoms with Crippen molar-refractivity contribution in [2.24, 2.45) is 0 Å². The molecule has 0 saturated heterocycles. The smallest absolute Gasteiger partial charge is 0.258 e. The van der Waals surface area contributed by atoms with Crippen molar-refractivity contribution in [2.75, 3.05) is 11.8 Å². The van der Waals surface area contributed by atoms with Crippen molar-refractivity contribution in [3.63, 3.8) is 0 Å². The van der Waals surface area contributed by atoms with Gasteiger partial charge in [0.05, 0.1) is 23.0 Å². The molecule has 0 amide bonds. The quantitative estimate of drug-likeness (QED) is 0.804. The number of anilines is 1. The lowest BCUT2D eigenvalue weighted by atomic mass is 10.2. The minimum absolute atomic E-state index is 0.319. The summed E-state index contributed by atoms with van der Waals surface area (Å²) in [5.74, 6) is 0.680. The number of nitrogens with zero attached hydrogens (tertiary/aromatic N) is 2. The highest BCUT2D eigenvalue weighted by molar-refractivity contribution is 7.86. The number of ether oxygens (including phenoxy) is 1. The van der Waals surface area contributed by atoms with E-state index >= 15 is 0 Å². The molecule has 1 N–H and O–H groups in total. The van der Waals surface area contributed by atoms with Gasteiger partial charge in [-0.1, -0.05) is 29.8 Å². The van der Waals surface area contributed by atoms with Crippen molar-refractivity contribution in [1.29, 1.82) is 0 Å². The molecule has 6 heteroatoms. The highest BCUT2D eigenvalue weighted by atomic mass is 32.2. The van der Waals surface area contributed by atoms with Crippen LogP contribution in [-0.4, -0.2) is 21.3 Å². The van der Waals surface area contributed by atoms with E-state index in [4.69, 9.17) is 4.74 Å². The first-order valence-corrected chi connectivity index (χ1v) is 7.88. The van der Waals surface area contributed by atoms with E-state index in [2.05, 4.69) is 14.7 Å². The molecule has 5 nitrogen and oxygen atoms in total. The Morgan fingerprint density at radius 1 is 1.00 bits per heavy atom. The summed E-state index contributed by atoms with van der Waals surface area (Å²) in [5.41, 5.74) is 2.56. The van der Waals surface area contributed by atoms with Crippen molar-refractivity contribution in [3.05, 3.63) is 54.1 Å². The number of hydrogen-bond donors (Lipinski definition) is 1. The molecule has 0 spiro atoms. The van der Waals surface area contributed by atoms with Crippen LogP contribution in [0.1, 0.15) is 5.56 Å². The van der Waals surface area contributed by atoms with E-state index in [9.17, 15) is 4.21 Å². The predicted molar refractivity (Wildman–Crippen MR) is 87.3 cm³/mol. The molecule has 0 aliphatic carbocycles. The zero-order chi connectivity index (χ0) is 15.5. The number of hydrogen-bond acceptors (Lipinski definition) is 4. The summed E-state index contributed by atoms with van der Waals surface area (Å²) in [6.07, 6.45) is 0. The fourth-order valence-electron chi connectivity index (χ4n) is 2.00. The number of methoxy groups -OCH3 is 1. The fraction of sp³-hybridized carbons (Fsp3) is 0.125. The number of para-hydroxylation sites is 2. The topological polar surface area (TPSA) is 64.1 Å². The number of fused-ring (bicyclic) bond motifs is 1. The van der Waals surface area contributed by atoms with Gasteiger partial charge in [0.15, 0.2) is 11.0 Å². The van der Waals surface area contributed by atoms with Gasteiger partial charge in [-0.2, -0.15) is 0 Å². The van der Waals surface area contributed by atoms with Crippen LogP contribution in [0.4, 0.5) is 5.82 Å². The molecule has 0 saturated carbocycles. The van der Waals surface area contributed by atoms with Crippen molar-refractivity contribution in [3.8, 4) is 5.88 Å². The molecule has 0 fully saturated rings. The second-order valence-corrected chi connectivity index (χ2v) is 5.97. The van der Waals surface area contributed by atoms with Crippen LogP contribution in [-0.2, 0) is 11.0 Å². The minimum Gasteiger partial charge on any atom is -0.478 e. The molecule has 3 aromatic rings. The maximum atomic E-state index is 12.4. The maximum absolute atomic E-state index is 12.4. The van der Waals surface area contributed by atoms with Gasteiger partial charge in [0.1, 0.15) is 0 Å². The summed E-state index contributed by atoms with van der Waals surface area (Å²) >= 11 is 0. The Labute approximate surface area is 131 Å². The molecular formula is C16H15N3O2S. The summed E-state index contributed by atoms with van der Waals surface area (Å²) in [6, 6.07) is 14.9. The van der Waals surface area contributed by atoms with E-state index in [1.807, 2.05) is 55.5 Å². The van der Waals surface area contributed by atoms with Crippen molar-refractivity contribution < 1.29 is 8.95 Å². The molecule has 0 aliphatic rings. The van der Waals surface area contributed by atoms with E-state index in [-0.39, 0.29) is 0 Å². The molecule has 1 unspecified atom stereocenters. The van der Waals surface area contributed by atoms with E-state index < -0.39 is 11.0 Å². The molecule has 1 atom stereocenters. The van der Waals surface area contributed by atoms with Gasteiger partial charge in [-0.15, -0.1) is 0 Å². The third-order valence-corrected chi connectivity index (χ3v) is 4.24. The molecule has 2 aromatic carbocycles. The van der Waals surface area contributed by atoms with Gasteiger partial charge in [-0.25, -0.2) is 14.2 Å². The Morgan fingerprint density at radius 3 is 2.27 bits per heavy atom. The third kappa shape index (κ3) is 2.92. The first-order valence-electron chi connectivity index (χ1n) is 6.73. The number of nitrogens with one attached hydrogen (secondary N) is 1. The highest BCUT2D eigenvalue weighted by Crippen LogP contribution is 2.24. The molecule has 0 radical (unpaired) electrons. The van der Waals surface area contributed by atoms with Crippen LogP contribution < -0.4 is 9.46 Å². The van der Waals surface area contributed by atoms with Gasteiger partial charge >= 0.3 is 0 Å². The van der Waals surface area contributed by atoms with Gasteiger partial charge in [0.2, 0.25) is 5.82 Å². The van der Waals surface area contributed by atoms with Crippen molar-refractivity contribution in [2.45, 2.75) is 11.8 Å². The summed E-state index contributed by atoms with van der Waals surface area (Å²) in [6.45, 7) is 1.98. The maximum Gasteiger partial charge on any atom is 0.258 e. The van der Waals surface area contributed by atoms with Crippen LogP contribution in [0.2, 0.25) is 0 Å². The zero-order valence-corrected chi connectivity index (χ0v) is 13.1. The van der Waals surface area contributed by atoms with E-state index in [1.54, 1.807) is 0 Å². The average Bonchev–Trinajstić information content (AvgIpc) is 2.54. The lowest BCUT2D eigenvalue weighted by molar-refractivity contribution is 0.400. The summed E-state index contributed by atoms with van der Waals surface area (Å²) in [4.78, 5) is 9.48. The van der Waals surface area contributed by atoms with Gasteiger partial charge in [-0.3, -0.25) is 4.72 Å². The second-order valence-electron chi connectivity index (χ2n) is 4.75. The van der Waals surface area contributed by atoms with Crippen molar-refractivity contribution in [1.82, 2.24) is 9.97 Å². The van der Waals surface area contributed by atoms with Crippen LogP contribution in [0.5, 0.6) is 5.88 Å². The van der Waals surface area contributed by atoms with Gasteiger partial charge in [0.25, 0.3) is 5.88 Å². The van der Waals surface area contributed by atoms with Crippen LogP contribution in [0.15, 0.2) is 53.4 Å². The monoisotopic (exact) mass is 313 g/mol. The summed E-state index contributed by atoms with van der Waals surface area (Å²) in [7, 11) is 0.0827.